The third-order valence-corrected chi connectivity index (χ3v) is 17.7. The van der Waals surface area contributed by atoms with E-state index >= 15 is 0 Å². The van der Waals surface area contributed by atoms with E-state index in [1.165, 1.54) is 24.1 Å². The van der Waals surface area contributed by atoms with Crippen molar-refractivity contribution in [1.82, 2.24) is 4.31 Å². The van der Waals surface area contributed by atoms with Crippen LogP contribution in [0.15, 0.2) is 29.2 Å². The van der Waals surface area contributed by atoms with E-state index in [9.17, 15) is 23.4 Å². The van der Waals surface area contributed by atoms with Crippen molar-refractivity contribution >= 4 is 15.9 Å². The van der Waals surface area contributed by atoms with Crippen molar-refractivity contribution in [2.24, 2.45) is 56.5 Å². The second-order valence-electron chi connectivity index (χ2n) is 17.6. The van der Waals surface area contributed by atoms with Crippen LogP contribution in [0.3, 0.4) is 0 Å². The molecule has 5 aliphatic carbocycles. The van der Waals surface area contributed by atoms with Crippen molar-refractivity contribution in [2.75, 3.05) is 6.54 Å². The zero-order valence-electron chi connectivity index (χ0n) is 28.8. The molecule has 9 heteroatoms. The maximum absolute atomic E-state index is 13.9. The monoisotopic (exact) mass is 656 g/mol. The predicted molar refractivity (Wildman–Crippen MR) is 176 cm³/mol. The highest BCUT2D eigenvalue weighted by atomic mass is 32.2. The molecule has 256 valence electrons. The van der Waals surface area contributed by atoms with E-state index in [0.29, 0.717) is 18.3 Å². The summed E-state index contributed by atoms with van der Waals surface area (Å²) in [7, 11) is -4.03. The Kier molecular flexibility index (Phi) is 7.36. The number of amides is 1. The summed E-state index contributed by atoms with van der Waals surface area (Å²) >= 11 is 0. The van der Waals surface area contributed by atoms with Gasteiger partial charge in [0.15, 0.2) is 0 Å². The first-order chi connectivity index (χ1) is 21.4. The first kappa shape index (κ1) is 33.0. The van der Waals surface area contributed by atoms with Gasteiger partial charge in [-0.1, -0.05) is 52.3 Å². The van der Waals surface area contributed by atoms with Gasteiger partial charge in [0, 0.05) is 12.0 Å². The Balaban J connectivity index is 1.18. The van der Waals surface area contributed by atoms with Crippen LogP contribution in [0.1, 0.15) is 98.5 Å². The average molecular weight is 657 g/mol. The van der Waals surface area contributed by atoms with Crippen LogP contribution in [0.5, 0.6) is 0 Å². The van der Waals surface area contributed by atoms with Crippen LogP contribution in [0.25, 0.3) is 0 Å². The third-order valence-electron chi connectivity index (χ3n) is 15.7. The first-order valence-corrected chi connectivity index (χ1v) is 19.2. The fourth-order valence-corrected chi connectivity index (χ4v) is 14.8. The standard InChI is InChI=1S/C37H56N2O6S/c1-21-8-10-25(11-9-21)46(43,44)39(23(3)32(38)42)19-24-18-22(2)29-30(45-24)31(41)35(7)27-13-12-26-33(4,5)28(40)14-15-36(26)20-37(27,36)17-16-34(29,35)6/h8-11,22-24,26-31,40-41H,12-20H2,1-7H3,(H2,38,42)/t22-,23+,24?,26+,27?,28+,29+,30?,31+,34-,35-,36-,37+/m1/s1. The Hall–Kier alpha value is -1.52. The highest BCUT2D eigenvalue weighted by molar-refractivity contribution is 7.89. The number of primary amides is 1. The Morgan fingerprint density at radius 2 is 1.65 bits per heavy atom. The molecule has 0 aromatic heterocycles. The number of hydrogen-bond acceptors (Lipinski definition) is 6. The highest BCUT2D eigenvalue weighted by Crippen LogP contribution is 2.89. The Labute approximate surface area is 275 Å². The van der Waals surface area contributed by atoms with Crippen molar-refractivity contribution in [3.05, 3.63) is 29.8 Å². The number of fused-ring (bicyclic) bond motifs is 4. The summed E-state index contributed by atoms with van der Waals surface area (Å²) in [6.45, 7) is 15.0. The topological polar surface area (TPSA) is 130 Å². The summed E-state index contributed by atoms with van der Waals surface area (Å²) < 4.78 is 35.9. The maximum atomic E-state index is 13.9. The third kappa shape index (κ3) is 4.04. The number of nitrogens with zero attached hydrogens (tertiary/aromatic N) is 1. The lowest BCUT2D eigenvalue weighted by Crippen LogP contribution is -2.59. The molecule has 6 aliphatic rings. The molecule has 3 unspecified atom stereocenters. The zero-order valence-corrected chi connectivity index (χ0v) is 29.6. The van der Waals surface area contributed by atoms with E-state index in [1.54, 1.807) is 24.3 Å². The Morgan fingerprint density at radius 1 is 1.02 bits per heavy atom. The Morgan fingerprint density at radius 3 is 2.30 bits per heavy atom. The van der Waals surface area contributed by atoms with Crippen LogP contribution in [-0.2, 0) is 19.6 Å². The molecule has 1 aromatic carbocycles. The molecule has 1 heterocycles. The lowest BCUT2D eigenvalue weighted by Gasteiger charge is -2.63. The van der Waals surface area contributed by atoms with Gasteiger partial charge in [-0.3, -0.25) is 4.79 Å². The second-order valence-corrected chi connectivity index (χ2v) is 19.5. The normalized spacial score (nSPS) is 48.0. The lowest BCUT2D eigenvalue weighted by atomic mass is 9.41. The summed E-state index contributed by atoms with van der Waals surface area (Å²) in [6.07, 6.45) is 6.44. The number of benzene rings is 1. The number of hydrogen-bond donors (Lipinski definition) is 3. The summed E-state index contributed by atoms with van der Waals surface area (Å²) in [5.74, 6) is 0.572. The van der Waals surface area contributed by atoms with Crippen LogP contribution in [-0.4, -0.2) is 65.8 Å². The highest BCUT2D eigenvalue weighted by Gasteiger charge is 2.84. The van der Waals surface area contributed by atoms with E-state index in [4.69, 9.17) is 10.5 Å². The number of carbonyl (C=O) groups is 1. The predicted octanol–water partition coefficient (Wildman–Crippen LogP) is 5.03. The van der Waals surface area contributed by atoms with Gasteiger partial charge < -0.3 is 20.7 Å². The van der Waals surface area contributed by atoms with Gasteiger partial charge in [0.2, 0.25) is 15.9 Å². The van der Waals surface area contributed by atoms with Crippen molar-refractivity contribution in [3.8, 4) is 0 Å². The lowest BCUT2D eigenvalue weighted by molar-refractivity contribution is -0.182. The molecule has 0 bridgehead atoms. The van der Waals surface area contributed by atoms with E-state index < -0.39 is 40.3 Å². The van der Waals surface area contributed by atoms with Gasteiger partial charge in [-0.15, -0.1) is 0 Å². The summed E-state index contributed by atoms with van der Waals surface area (Å²) in [5.41, 5.74) is 6.60. The van der Waals surface area contributed by atoms with Gasteiger partial charge in [-0.2, -0.15) is 4.31 Å². The number of sulfonamides is 1. The number of aryl methyl sites for hydroxylation is 1. The zero-order chi connectivity index (χ0) is 33.4. The summed E-state index contributed by atoms with van der Waals surface area (Å²) in [6, 6.07) is 5.60. The fourth-order valence-electron chi connectivity index (χ4n) is 13.2. The molecule has 1 aromatic rings. The van der Waals surface area contributed by atoms with Gasteiger partial charge in [0.1, 0.15) is 6.04 Å². The Bertz CT molecular complexity index is 1510. The van der Waals surface area contributed by atoms with Gasteiger partial charge in [0.05, 0.1) is 29.3 Å². The van der Waals surface area contributed by atoms with Crippen molar-refractivity contribution in [3.63, 3.8) is 0 Å². The molecular weight excluding hydrogens is 600 g/mol. The quantitative estimate of drug-likeness (QED) is 0.394. The molecule has 1 aliphatic heterocycles. The van der Waals surface area contributed by atoms with E-state index in [2.05, 4.69) is 34.6 Å². The minimum atomic E-state index is -4.03. The van der Waals surface area contributed by atoms with Gasteiger partial charge in [-0.25, -0.2) is 8.42 Å². The number of rotatable bonds is 6. The molecule has 1 saturated heterocycles. The van der Waals surface area contributed by atoms with Crippen molar-refractivity contribution in [2.45, 2.75) is 135 Å². The smallest absolute Gasteiger partial charge is 0.243 e. The molecule has 6 fully saturated rings. The van der Waals surface area contributed by atoms with Crippen molar-refractivity contribution in [1.29, 1.82) is 0 Å². The first-order valence-electron chi connectivity index (χ1n) is 17.8. The SMILES string of the molecule is Cc1ccc(S(=O)(=O)N(CC2C[C@@H](C)[C@H]3C(O2)[C@H](O)[C@@]2(C)C4CC[C@H]5C(C)(C)[C@@H](O)CC[C@@]56C[C@@]46CC[C@]32C)[C@@H](C)C(N)=O)cc1. The number of carbonyl (C=O) groups excluding carboxylic acids is 1. The molecule has 1 amide bonds. The molecule has 13 atom stereocenters. The summed E-state index contributed by atoms with van der Waals surface area (Å²) in [4.78, 5) is 12.5. The number of aliphatic hydroxyl groups excluding tert-OH is 2. The average Bonchev–Trinajstić information content (AvgIpc) is 3.62. The second kappa shape index (κ2) is 10.3. The molecule has 4 N–H and O–H groups in total. The van der Waals surface area contributed by atoms with Crippen LogP contribution in [0.2, 0.25) is 0 Å². The van der Waals surface area contributed by atoms with Gasteiger partial charge in [0.25, 0.3) is 0 Å². The van der Waals surface area contributed by atoms with Gasteiger partial charge >= 0.3 is 0 Å². The number of ether oxygens (including phenoxy) is 1. The number of nitrogens with two attached hydrogens (primary N) is 1. The van der Waals surface area contributed by atoms with Crippen LogP contribution in [0, 0.1) is 57.7 Å². The van der Waals surface area contributed by atoms with E-state index in [1.807, 2.05) is 6.92 Å². The van der Waals surface area contributed by atoms with Gasteiger partial charge in [-0.05, 0) is 123 Å². The number of aliphatic hydroxyl groups is 2. The summed E-state index contributed by atoms with van der Waals surface area (Å²) in [5, 5.41) is 23.5. The molecule has 8 nitrogen and oxygen atoms in total. The van der Waals surface area contributed by atoms with Crippen LogP contribution < -0.4 is 5.73 Å². The van der Waals surface area contributed by atoms with Crippen molar-refractivity contribution < 1.29 is 28.2 Å². The minimum Gasteiger partial charge on any atom is -0.393 e. The minimum absolute atomic E-state index is 0.00356. The maximum Gasteiger partial charge on any atom is 0.243 e. The molecular formula is C37H56N2O6S. The fraction of sp³-hybridized carbons (Fsp3) is 0.811. The van der Waals surface area contributed by atoms with Crippen LogP contribution in [0.4, 0.5) is 0 Å². The molecule has 2 spiro atoms. The largest absolute Gasteiger partial charge is 0.393 e. The molecule has 7 rings (SSSR count). The molecule has 5 saturated carbocycles. The van der Waals surface area contributed by atoms with E-state index in [0.717, 1.165) is 37.7 Å². The van der Waals surface area contributed by atoms with Crippen LogP contribution >= 0.6 is 0 Å². The van der Waals surface area contributed by atoms with E-state index in [-0.39, 0.29) is 56.5 Å². The molecule has 0 radical (unpaired) electrons. The molecule has 46 heavy (non-hydrogen) atoms.